The number of hydrogen-bond donors (Lipinski definition) is 3. The van der Waals surface area contributed by atoms with Gasteiger partial charge in [0.05, 0.1) is 11.0 Å². The van der Waals surface area contributed by atoms with Gasteiger partial charge in [-0.05, 0) is 17.7 Å². The van der Waals surface area contributed by atoms with Crippen LogP contribution in [0.15, 0.2) is 35.1 Å². The van der Waals surface area contributed by atoms with Crippen molar-refractivity contribution in [3.63, 3.8) is 0 Å². The fourth-order valence-electron chi connectivity index (χ4n) is 1.85. The highest BCUT2D eigenvalue weighted by Crippen LogP contribution is 2.20. The average molecular weight is 241 g/mol. The van der Waals surface area contributed by atoms with Gasteiger partial charge in [-0.25, -0.2) is 10.1 Å². The third kappa shape index (κ3) is 1.68. The first-order valence-electron chi connectivity index (χ1n) is 5.52. The summed E-state index contributed by atoms with van der Waals surface area (Å²) in [6.07, 6.45) is 0. The molecule has 3 aromatic rings. The summed E-state index contributed by atoms with van der Waals surface area (Å²) in [5.74, 6) is 0.613. The van der Waals surface area contributed by atoms with E-state index >= 15 is 0 Å². The van der Waals surface area contributed by atoms with Crippen LogP contribution < -0.4 is 11.3 Å². The normalized spacial score (nSPS) is 10.9. The predicted molar refractivity (Wildman–Crippen MR) is 67.8 cm³/mol. The lowest BCUT2D eigenvalue weighted by atomic mass is 10.2. The zero-order chi connectivity index (χ0) is 12.5. The number of imidazole rings is 1. The summed E-state index contributed by atoms with van der Waals surface area (Å²) in [5, 5.41) is 6.32. The third-order valence-electron chi connectivity index (χ3n) is 2.74. The van der Waals surface area contributed by atoms with E-state index in [4.69, 9.17) is 5.73 Å². The third-order valence-corrected chi connectivity index (χ3v) is 2.74. The summed E-state index contributed by atoms with van der Waals surface area (Å²) < 4.78 is 0. The predicted octanol–water partition coefficient (Wildman–Crippen LogP) is 0.772. The first kappa shape index (κ1) is 10.7. The molecule has 0 radical (unpaired) electrons. The molecule has 2 heterocycles. The number of para-hydroxylation sites is 1. The Morgan fingerprint density at radius 3 is 2.83 bits per heavy atom. The van der Waals surface area contributed by atoms with Gasteiger partial charge in [-0.1, -0.05) is 12.1 Å². The fraction of sp³-hybridized carbons (Fsp3) is 0.0833. The van der Waals surface area contributed by atoms with Crippen molar-refractivity contribution in [3.8, 4) is 11.5 Å². The SMILES string of the molecule is NCc1cccc2[nH]c(-c3ccc(=O)[nH]n3)nc12. The fourth-order valence-corrected chi connectivity index (χ4v) is 1.85. The largest absolute Gasteiger partial charge is 0.337 e. The molecule has 0 atom stereocenters. The van der Waals surface area contributed by atoms with E-state index in [1.165, 1.54) is 6.07 Å². The van der Waals surface area contributed by atoms with Crippen molar-refractivity contribution in [2.24, 2.45) is 5.73 Å². The molecule has 0 saturated heterocycles. The Hall–Kier alpha value is -2.47. The number of hydrogen-bond acceptors (Lipinski definition) is 4. The van der Waals surface area contributed by atoms with E-state index in [1.54, 1.807) is 6.07 Å². The van der Waals surface area contributed by atoms with Crippen molar-refractivity contribution in [1.29, 1.82) is 0 Å². The van der Waals surface area contributed by atoms with Crippen molar-refractivity contribution in [2.45, 2.75) is 6.54 Å². The molecule has 0 unspecified atom stereocenters. The number of rotatable bonds is 2. The van der Waals surface area contributed by atoms with Gasteiger partial charge in [0.1, 0.15) is 5.69 Å². The molecule has 0 fully saturated rings. The van der Waals surface area contributed by atoms with E-state index < -0.39 is 0 Å². The van der Waals surface area contributed by atoms with Gasteiger partial charge in [-0.3, -0.25) is 4.79 Å². The summed E-state index contributed by atoms with van der Waals surface area (Å²) in [6.45, 7) is 0.431. The molecule has 0 aliphatic heterocycles. The van der Waals surface area contributed by atoms with Crippen LogP contribution in [-0.4, -0.2) is 20.2 Å². The van der Waals surface area contributed by atoms with Gasteiger partial charge in [0.15, 0.2) is 5.82 Å². The summed E-state index contributed by atoms with van der Waals surface area (Å²) in [6, 6.07) is 8.83. The summed E-state index contributed by atoms with van der Waals surface area (Å²) >= 11 is 0. The Morgan fingerprint density at radius 2 is 2.11 bits per heavy atom. The van der Waals surface area contributed by atoms with Crippen LogP contribution in [0.25, 0.3) is 22.6 Å². The van der Waals surface area contributed by atoms with E-state index in [-0.39, 0.29) is 5.56 Å². The second kappa shape index (κ2) is 4.08. The molecule has 0 aliphatic carbocycles. The van der Waals surface area contributed by atoms with Crippen molar-refractivity contribution in [3.05, 3.63) is 46.2 Å². The molecule has 4 N–H and O–H groups in total. The van der Waals surface area contributed by atoms with Crippen molar-refractivity contribution >= 4 is 11.0 Å². The van der Waals surface area contributed by atoms with Crippen LogP contribution in [0.2, 0.25) is 0 Å². The lowest BCUT2D eigenvalue weighted by molar-refractivity contribution is 0.985. The molecule has 2 aromatic heterocycles. The van der Waals surface area contributed by atoms with Crippen LogP contribution in [-0.2, 0) is 6.54 Å². The Labute approximate surface area is 102 Å². The summed E-state index contributed by atoms with van der Waals surface area (Å²) in [4.78, 5) is 18.6. The topological polar surface area (TPSA) is 100 Å². The number of nitrogens with zero attached hydrogens (tertiary/aromatic N) is 2. The standard InChI is InChI=1S/C12H11N5O/c13-6-7-2-1-3-8-11(7)15-12(14-8)9-4-5-10(18)17-16-9/h1-5H,6,13H2,(H,14,15)(H,17,18). The molecule has 1 aromatic carbocycles. The molecule has 3 rings (SSSR count). The van der Waals surface area contributed by atoms with Crippen LogP contribution in [0.4, 0.5) is 0 Å². The zero-order valence-electron chi connectivity index (χ0n) is 9.47. The molecule has 0 spiro atoms. The number of aromatic nitrogens is 4. The van der Waals surface area contributed by atoms with Crippen molar-refractivity contribution in [2.75, 3.05) is 0 Å². The maximum absolute atomic E-state index is 11.0. The summed E-state index contributed by atoms with van der Waals surface area (Å²) in [5.41, 5.74) is 8.73. The average Bonchev–Trinajstić information content (AvgIpc) is 2.83. The molecule has 0 saturated carbocycles. The molecule has 0 amide bonds. The first-order chi connectivity index (χ1) is 8.78. The Morgan fingerprint density at radius 1 is 1.22 bits per heavy atom. The number of benzene rings is 1. The van der Waals surface area contributed by atoms with Gasteiger partial charge >= 0.3 is 0 Å². The number of aromatic amines is 2. The number of fused-ring (bicyclic) bond motifs is 1. The first-order valence-corrected chi connectivity index (χ1v) is 5.52. The summed E-state index contributed by atoms with van der Waals surface area (Å²) in [7, 11) is 0. The lowest BCUT2D eigenvalue weighted by Crippen LogP contribution is -2.05. The Balaban J connectivity index is 2.19. The molecule has 6 nitrogen and oxygen atoms in total. The molecule has 0 bridgehead atoms. The van der Waals surface area contributed by atoms with Gasteiger partial charge in [-0.15, -0.1) is 0 Å². The number of nitrogens with one attached hydrogen (secondary N) is 2. The van der Waals surface area contributed by atoms with Gasteiger partial charge in [0.2, 0.25) is 0 Å². The monoisotopic (exact) mass is 241 g/mol. The lowest BCUT2D eigenvalue weighted by Gasteiger charge is -1.95. The highest BCUT2D eigenvalue weighted by Gasteiger charge is 2.08. The number of H-pyrrole nitrogens is 2. The highest BCUT2D eigenvalue weighted by atomic mass is 16.1. The number of nitrogens with two attached hydrogens (primary N) is 1. The maximum Gasteiger partial charge on any atom is 0.264 e. The quantitative estimate of drug-likeness (QED) is 0.617. The minimum absolute atomic E-state index is 0.238. The van der Waals surface area contributed by atoms with E-state index in [9.17, 15) is 4.79 Å². The Bertz CT molecular complexity index is 738. The molecular weight excluding hydrogens is 230 g/mol. The van der Waals surface area contributed by atoms with Crippen LogP contribution in [0, 0.1) is 0 Å². The van der Waals surface area contributed by atoms with Gasteiger partial charge in [-0.2, -0.15) is 5.10 Å². The van der Waals surface area contributed by atoms with E-state index in [2.05, 4.69) is 20.2 Å². The van der Waals surface area contributed by atoms with Crippen LogP contribution in [0.1, 0.15) is 5.56 Å². The highest BCUT2D eigenvalue weighted by molar-refractivity contribution is 5.81. The Kier molecular flexibility index (Phi) is 2.42. The van der Waals surface area contributed by atoms with E-state index in [0.717, 1.165) is 16.6 Å². The van der Waals surface area contributed by atoms with Gasteiger partial charge in [0.25, 0.3) is 5.56 Å². The minimum Gasteiger partial charge on any atom is -0.337 e. The molecule has 6 heteroatoms. The van der Waals surface area contributed by atoms with E-state index in [1.807, 2.05) is 18.2 Å². The molecule has 90 valence electrons. The smallest absolute Gasteiger partial charge is 0.264 e. The van der Waals surface area contributed by atoms with Crippen LogP contribution in [0.3, 0.4) is 0 Å². The zero-order valence-corrected chi connectivity index (χ0v) is 9.47. The molecular formula is C12H11N5O. The minimum atomic E-state index is -0.238. The molecule has 0 aliphatic rings. The molecule has 18 heavy (non-hydrogen) atoms. The second-order valence-electron chi connectivity index (χ2n) is 3.91. The van der Waals surface area contributed by atoms with Crippen LogP contribution >= 0.6 is 0 Å². The maximum atomic E-state index is 11.0. The van der Waals surface area contributed by atoms with Gasteiger partial charge in [0, 0.05) is 12.6 Å². The van der Waals surface area contributed by atoms with Crippen LogP contribution in [0.5, 0.6) is 0 Å². The van der Waals surface area contributed by atoms with Gasteiger partial charge < -0.3 is 10.7 Å². The van der Waals surface area contributed by atoms with Crippen molar-refractivity contribution < 1.29 is 0 Å². The van der Waals surface area contributed by atoms with E-state index in [0.29, 0.717) is 18.1 Å². The van der Waals surface area contributed by atoms with Crippen molar-refractivity contribution in [1.82, 2.24) is 20.2 Å². The second-order valence-corrected chi connectivity index (χ2v) is 3.91.